The van der Waals surface area contributed by atoms with Crippen LogP contribution in [-0.4, -0.2) is 71.1 Å². The lowest BCUT2D eigenvalue weighted by Gasteiger charge is -2.26. The van der Waals surface area contributed by atoms with E-state index in [9.17, 15) is 18.0 Å². The molecule has 0 unspecified atom stereocenters. The molecule has 1 saturated heterocycles. The first-order valence-corrected chi connectivity index (χ1v) is 12.1. The summed E-state index contributed by atoms with van der Waals surface area (Å²) < 4.78 is 37.4. The standard InChI is InChI=1S/C22H26ClN3O6S/c1-15-3-5-17(33(29,30)26-8-11-32-12-9-26)14-19(15)22(28)25-16-4-6-18(20(23)13-16)21(27)24-7-10-31-2/h3-6,13-14H,7-12H2,1-2H3,(H,24,27)(H,25,28). The third-order valence-corrected chi connectivity index (χ3v) is 7.33. The van der Waals surface area contributed by atoms with Gasteiger partial charge in [-0.25, -0.2) is 8.42 Å². The maximum absolute atomic E-state index is 12.9. The second kappa shape index (κ2) is 11.1. The molecule has 0 aliphatic carbocycles. The summed E-state index contributed by atoms with van der Waals surface area (Å²) in [5, 5.41) is 5.56. The average molecular weight is 496 g/mol. The predicted octanol–water partition coefficient (Wildman–Crippen LogP) is 2.30. The number of halogens is 1. The van der Waals surface area contributed by atoms with Gasteiger partial charge in [-0.15, -0.1) is 0 Å². The van der Waals surface area contributed by atoms with Crippen LogP contribution >= 0.6 is 11.6 Å². The van der Waals surface area contributed by atoms with Crippen molar-refractivity contribution >= 4 is 39.1 Å². The van der Waals surface area contributed by atoms with E-state index in [1.807, 2.05) is 0 Å². The lowest BCUT2D eigenvalue weighted by atomic mass is 10.1. The maximum atomic E-state index is 12.9. The lowest BCUT2D eigenvalue weighted by Crippen LogP contribution is -2.40. The molecule has 0 atom stereocenters. The monoisotopic (exact) mass is 495 g/mol. The van der Waals surface area contributed by atoms with Gasteiger partial charge in [0.15, 0.2) is 0 Å². The summed E-state index contributed by atoms with van der Waals surface area (Å²) in [6.45, 7) is 3.63. The van der Waals surface area contributed by atoms with Crippen molar-refractivity contribution in [2.45, 2.75) is 11.8 Å². The molecule has 2 aromatic rings. The number of rotatable bonds is 8. The Morgan fingerprint density at radius 1 is 1.09 bits per heavy atom. The number of nitrogens with one attached hydrogen (secondary N) is 2. The van der Waals surface area contributed by atoms with E-state index in [4.69, 9.17) is 21.1 Å². The highest BCUT2D eigenvalue weighted by Gasteiger charge is 2.27. The van der Waals surface area contributed by atoms with E-state index in [1.54, 1.807) is 19.1 Å². The first kappa shape index (κ1) is 25.1. The zero-order valence-electron chi connectivity index (χ0n) is 18.4. The van der Waals surface area contributed by atoms with Crippen molar-refractivity contribution in [2.24, 2.45) is 0 Å². The molecular weight excluding hydrogens is 470 g/mol. The molecule has 0 bridgehead atoms. The number of benzene rings is 2. The number of nitrogens with zero attached hydrogens (tertiary/aromatic N) is 1. The summed E-state index contributed by atoms with van der Waals surface area (Å²) >= 11 is 6.23. The van der Waals surface area contributed by atoms with Gasteiger partial charge in [-0.3, -0.25) is 9.59 Å². The molecule has 178 valence electrons. The Kier molecular flexibility index (Phi) is 8.44. The molecule has 11 heteroatoms. The molecule has 3 rings (SSSR count). The first-order chi connectivity index (χ1) is 15.7. The van der Waals surface area contributed by atoms with Crippen LogP contribution in [0, 0.1) is 6.92 Å². The topological polar surface area (TPSA) is 114 Å². The highest BCUT2D eigenvalue weighted by atomic mass is 35.5. The number of hydrogen-bond acceptors (Lipinski definition) is 6. The number of sulfonamides is 1. The van der Waals surface area contributed by atoms with Gasteiger partial charge in [0.1, 0.15) is 0 Å². The van der Waals surface area contributed by atoms with Crippen LogP contribution in [0.3, 0.4) is 0 Å². The minimum atomic E-state index is -3.74. The summed E-state index contributed by atoms with van der Waals surface area (Å²) in [6.07, 6.45) is 0. The largest absolute Gasteiger partial charge is 0.383 e. The first-order valence-electron chi connectivity index (χ1n) is 10.3. The van der Waals surface area contributed by atoms with Gasteiger partial charge in [0, 0.05) is 38.0 Å². The molecule has 33 heavy (non-hydrogen) atoms. The van der Waals surface area contributed by atoms with Gasteiger partial charge < -0.3 is 20.1 Å². The number of morpholine rings is 1. The van der Waals surface area contributed by atoms with Crippen LogP contribution in [-0.2, 0) is 19.5 Å². The van der Waals surface area contributed by atoms with Crippen molar-refractivity contribution in [3.05, 3.63) is 58.1 Å². The predicted molar refractivity (Wildman–Crippen MR) is 124 cm³/mol. The summed E-state index contributed by atoms with van der Waals surface area (Å²) in [4.78, 5) is 25.2. The Hall–Kier alpha value is -2.50. The number of aryl methyl sites for hydroxylation is 1. The normalized spacial score (nSPS) is 14.6. The van der Waals surface area contributed by atoms with Crippen LogP contribution in [0.5, 0.6) is 0 Å². The molecule has 1 aliphatic rings. The SMILES string of the molecule is COCCNC(=O)c1ccc(NC(=O)c2cc(S(=O)(=O)N3CCOCC3)ccc2C)cc1Cl. The zero-order chi connectivity index (χ0) is 24.0. The lowest BCUT2D eigenvalue weighted by molar-refractivity contribution is 0.0730. The van der Waals surface area contributed by atoms with Crippen LogP contribution in [0.15, 0.2) is 41.3 Å². The Morgan fingerprint density at radius 3 is 2.48 bits per heavy atom. The average Bonchev–Trinajstić information content (AvgIpc) is 2.80. The quantitative estimate of drug-likeness (QED) is 0.543. The third-order valence-electron chi connectivity index (χ3n) is 5.12. The van der Waals surface area contributed by atoms with E-state index < -0.39 is 15.9 Å². The third kappa shape index (κ3) is 6.10. The zero-order valence-corrected chi connectivity index (χ0v) is 20.0. The summed E-state index contributed by atoms with van der Waals surface area (Å²) in [6, 6.07) is 8.99. The maximum Gasteiger partial charge on any atom is 0.255 e. The van der Waals surface area contributed by atoms with Gasteiger partial charge in [0.05, 0.1) is 35.3 Å². The Bertz CT molecular complexity index is 1130. The Labute approximate surface area is 198 Å². The fourth-order valence-electron chi connectivity index (χ4n) is 3.28. The van der Waals surface area contributed by atoms with Crippen LogP contribution in [0.4, 0.5) is 5.69 Å². The highest BCUT2D eigenvalue weighted by molar-refractivity contribution is 7.89. The number of methoxy groups -OCH3 is 1. The molecule has 2 N–H and O–H groups in total. The molecule has 2 aromatic carbocycles. The second-order valence-corrected chi connectivity index (χ2v) is 9.74. The van der Waals surface area contributed by atoms with Crippen molar-refractivity contribution in [2.75, 3.05) is 51.9 Å². The number of carbonyl (C=O) groups is 2. The van der Waals surface area contributed by atoms with Crippen LogP contribution in [0.1, 0.15) is 26.3 Å². The number of anilines is 1. The van der Waals surface area contributed by atoms with Crippen molar-refractivity contribution < 1.29 is 27.5 Å². The molecule has 1 fully saturated rings. The van der Waals surface area contributed by atoms with Gasteiger partial charge in [0.25, 0.3) is 11.8 Å². The van der Waals surface area contributed by atoms with Gasteiger partial charge in [-0.05, 0) is 42.8 Å². The second-order valence-electron chi connectivity index (χ2n) is 7.39. The van der Waals surface area contributed by atoms with Crippen molar-refractivity contribution in [1.82, 2.24) is 9.62 Å². The summed E-state index contributed by atoms with van der Waals surface area (Å²) in [5.41, 5.74) is 1.48. The van der Waals surface area contributed by atoms with Crippen LogP contribution in [0.25, 0.3) is 0 Å². The molecule has 2 amide bonds. The van der Waals surface area contributed by atoms with Crippen molar-refractivity contribution in [1.29, 1.82) is 0 Å². The fraction of sp³-hybridized carbons (Fsp3) is 0.364. The van der Waals surface area contributed by atoms with Gasteiger partial charge in [0.2, 0.25) is 10.0 Å². The molecule has 0 saturated carbocycles. The van der Waals surface area contributed by atoms with E-state index in [0.717, 1.165) is 0 Å². The minimum absolute atomic E-state index is 0.0428. The van der Waals surface area contributed by atoms with E-state index in [2.05, 4.69) is 10.6 Å². The van der Waals surface area contributed by atoms with E-state index >= 15 is 0 Å². The Balaban J connectivity index is 1.77. The van der Waals surface area contributed by atoms with Crippen molar-refractivity contribution in [3.63, 3.8) is 0 Å². The fourth-order valence-corrected chi connectivity index (χ4v) is 4.98. The Morgan fingerprint density at radius 2 is 1.82 bits per heavy atom. The van der Waals surface area contributed by atoms with Crippen LogP contribution < -0.4 is 10.6 Å². The number of ether oxygens (including phenoxy) is 2. The molecule has 9 nitrogen and oxygen atoms in total. The summed E-state index contributed by atoms with van der Waals surface area (Å²) in [5.74, 6) is -0.841. The van der Waals surface area contributed by atoms with Crippen molar-refractivity contribution in [3.8, 4) is 0 Å². The number of carbonyl (C=O) groups excluding carboxylic acids is 2. The number of hydrogen-bond donors (Lipinski definition) is 2. The highest BCUT2D eigenvalue weighted by Crippen LogP contribution is 2.24. The van der Waals surface area contributed by atoms with Gasteiger partial charge in [-0.1, -0.05) is 17.7 Å². The molecule has 0 aromatic heterocycles. The van der Waals surface area contributed by atoms with Crippen LogP contribution in [0.2, 0.25) is 5.02 Å². The van der Waals surface area contributed by atoms with E-state index in [-0.39, 0.29) is 40.0 Å². The van der Waals surface area contributed by atoms with Gasteiger partial charge in [-0.2, -0.15) is 4.31 Å². The summed E-state index contributed by atoms with van der Waals surface area (Å²) in [7, 11) is -2.21. The molecular formula is C22H26ClN3O6S. The van der Waals surface area contributed by atoms with Gasteiger partial charge >= 0.3 is 0 Å². The minimum Gasteiger partial charge on any atom is -0.383 e. The number of amides is 2. The molecule has 0 spiro atoms. The molecule has 1 aliphatic heterocycles. The molecule has 1 heterocycles. The smallest absolute Gasteiger partial charge is 0.255 e. The molecule has 0 radical (unpaired) electrons. The van der Waals surface area contributed by atoms with E-state index in [0.29, 0.717) is 37.6 Å². The van der Waals surface area contributed by atoms with E-state index in [1.165, 1.54) is 35.7 Å².